The maximum atomic E-state index is 13.4. The first-order valence-electron chi connectivity index (χ1n) is 12.0. The first kappa shape index (κ1) is 23.9. The van der Waals surface area contributed by atoms with E-state index in [0.29, 0.717) is 37.0 Å². The van der Waals surface area contributed by atoms with E-state index < -0.39 is 5.60 Å². The number of likely N-dealkylation sites (tertiary alicyclic amines) is 1. The zero-order valence-electron chi connectivity index (χ0n) is 20.4. The molecule has 1 aliphatic carbocycles. The maximum Gasteiger partial charge on any atom is 0.410 e. The Bertz CT molecular complexity index is 991. The van der Waals surface area contributed by atoms with E-state index >= 15 is 0 Å². The van der Waals surface area contributed by atoms with Crippen LogP contribution in [0, 0.1) is 0 Å². The molecule has 1 saturated carbocycles. The third kappa shape index (κ3) is 5.81. The largest absolute Gasteiger partial charge is 0.478 e. The van der Waals surface area contributed by atoms with Crippen LogP contribution >= 0.6 is 0 Å². The summed E-state index contributed by atoms with van der Waals surface area (Å²) in [6.45, 7) is 9.22. The van der Waals surface area contributed by atoms with Crippen LogP contribution in [0.15, 0.2) is 30.7 Å². The van der Waals surface area contributed by atoms with Gasteiger partial charge in [0.15, 0.2) is 5.82 Å². The van der Waals surface area contributed by atoms with Crippen molar-refractivity contribution in [2.24, 2.45) is 0 Å². The van der Waals surface area contributed by atoms with E-state index in [2.05, 4.69) is 15.0 Å². The summed E-state index contributed by atoms with van der Waals surface area (Å²) in [5.41, 5.74) is 0.720. The Morgan fingerprint density at radius 2 is 1.65 bits per heavy atom. The average molecular weight is 468 g/mol. The van der Waals surface area contributed by atoms with Crippen LogP contribution in [0.2, 0.25) is 0 Å². The lowest BCUT2D eigenvalue weighted by Crippen LogP contribution is -2.50. The van der Waals surface area contributed by atoms with Crippen molar-refractivity contribution in [3.8, 4) is 17.3 Å². The number of aromatic nitrogens is 3. The van der Waals surface area contributed by atoms with E-state index in [1.165, 1.54) is 0 Å². The Morgan fingerprint density at radius 1 is 1.00 bits per heavy atom. The molecule has 2 aromatic heterocycles. The van der Waals surface area contributed by atoms with E-state index in [9.17, 15) is 9.59 Å². The molecule has 2 aromatic rings. The van der Waals surface area contributed by atoms with Crippen molar-refractivity contribution >= 4 is 12.0 Å². The normalized spacial score (nSPS) is 16.8. The molecule has 4 rings (SSSR count). The highest BCUT2D eigenvalue weighted by Crippen LogP contribution is 2.33. The van der Waals surface area contributed by atoms with Crippen LogP contribution in [0.5, 0.6) is 5.88 Å². The summed E-state index contributed by atoms with van der Waals surface area (Å²) in [4.78, 5) is 42.6. The van der Waals surface area contributed by atoms with Crippen molar-refractivity contribution in [1.82, 2.24) is 24.8 Å². The van der Waals surface area contributed by atoms with E-state index in [1.54, 1.807) is 29.6 Å². The van der Waals surface area contributed by atoms with Crippen LogP contribution in [-0.4, -0.2) is 74.1 Å². The monoisotopic (exact) mass is 467 g/mol. The molecule has 2 amide bonds. The molecule has 0 radical (unpaired) electrons. The number of pyridine rings is 1. The molecule has 0 spiro atoms. The van der Waals surface area contributed by atoms with Gasteiger partial charge in [-0.05, 0) is 59.4 Å². The molecule has 0 N–H and O–H groups in total. The molecule has 9 heteroatoms. The average Bonchev–Trinajstić information content (AvgIpc) is 3.64. The fraction of sp³-hybridized carbons (Fsp3) is 0.560. The molecule has 1 saturated heterocycles. The van der Waals surface area contributed by atoms with Gasteiger partial charge in [-0.25, -0.2) is 19.7 Å². The van der Waals surface area contributed by atoms with E-state index in [0.717, 1.165) is 31.2 Å². The van der Waals surface area contributed by atoms with Gasteiger partial charge < -0.3 is 19.3 Å². The minimum atomic E-state index is -0.516. The van der Waals surface area contributed by atoms with Gasteiger partial charge in [0.2, 0.25) is 5.88 Å². The molecule has 3 heterocycles. The maximum absolute atomic E-state index is 13.4. The Balaban J connectivity index is 1.40. The molecule has 0 aromatic carbocycles. The van der Waals surface area contributed by atoms with Crippen LogP contribution in [0.4, 0.5) is 4.79 Å². The molecule has 0 atom stereocenters. The van der Waals surface area contributed by atoms with Crippen molar-refractivity contribution in [2.75, 3.05) is 19.7 Å². The molecule has 0 bridgehead atoms. The standard InChI is InChI=1S/C25H33N5O4/c1-5-33-21-9-6-17(14-26-21)22-27-15-18(16-28-22)23(31)30(19-7-8-19)20-10-12-29(13-11-20)24(32)34-25(2,3)4/h6,9,14-16,19-20H,5,7-8,10-13H2,1-4H3. The molecular formula is C25H33N5O4. The number of hydrogen-bond donors (Lipinski definition) is 0. The number of carbonyl (C=O) groups is 2. The van der Waals surface area contributed by atoms with Gasteiger partial charge in [-0.15, -0.1) is 0 Å². The third-order valence-electron chi connectivity index (χ3n) is 5.87. The lowest BCUT2D eigenvalue weighted by Gasteiger charge is -2.39. The van der Waals surface area contributed by atoms with E-state index in [-0.39, 0.29) is 24.1 Å². The molecule has 2 fully saturated rings. The van der Waals surface area contributed by atoms with Crippen LogP contribution in [0.3, 0.4) is 0 Å². The second kappa shape index (κ2) is 9.95. The summed E-state index contributed by atoms with van der Waals surface area (Å²) in [6, 6.07) is 3.97. The van der Waals surface area contributed by atoms with Crippen LogP contribution < -0.4 is 4.74 Å². The van der Waals surface area contributed by atoms with Gasteiger partial charge in [-0.3, -0.25) is 4.79 Å². The summed E-state index contributed by atoms with van der Waals surface area (Å²) in [6.07, 6.45) is 8.04. The van der Waals surface area contributed by atoms with Crippen LogP contribution in [-0.2, 0) is 4.74 Å². The van der Waals surface area contributed by atoms with Gasteiger partial charge in [0.1, 0.15) is 5.60 Å². The van der Waals surface area contributed by atoms with Gasteiger partial charge in [0.05, 0.1) is 12.2 Å². The first-order chi connectivity index (χ1) is 16.2. The third-order valence-corrected chi connectivity index (χ3v) is 5.87. The van der Waals surface area contributed by atoms with Crippen molar-refractivity contribution < 1.29 is 19.1 Å². The number of nitrogens with zero attached hydrogens (tertiary/aromatic N) is 5. The van der Waals surface area contributed by atoms with Gasteiger partial charge >= 0.3 is 6.09 Å². The van der Waals surface area contributed by atoms with Gasteiger partial charge in [-0.1, -0.05) is 0 Å². The zero-order chi connectivity index (χ0) is 24.3. The summed E-state index contributed by atoms with van der Waals surface area (Å²) in [5.74, 6) is 1.01. The summed E-state index contributed by atoms with van der Waals surface area (Å²) in [5, 5.41) is 0. The second-order valence-corrected chi connectivity index (χ2v) is 9.76. The molecular weight excluding hydrogens is 434 g/mol. The Kier molecular flexibility index (Phi) is 7.00. The highest BCUT2D eigenvalue weighted by molar-refractivity contribution is 5.94. The molecule has 0 unspecified atom stereocenters. The second-order valence-electron chi connectivity index (χ2n) is 9.76. The highest BCUT2D eigenvalue weighted by atomic mass is 16.6. The van der Waals surface area contributed by atoms with Crippen LogP contribution in [0.1, 0.15) is 63.7 Å². The number of hydrogen-bond acceptors (Lipinski definition) is 7. The SMILES string of the molecule is CCOc1ccc(-c2ncc(C(=O)N(C3CC3)C3CCN(C(=O)OC(C)(C)C)CC3)cn2)cn1. The zero-order valence-corrected chi connectivity index (χ0v) is 20.4. The lowest BCUT2D eigenvalue weighted by molar-refractivity contribution is 0.0142. The minimum Gasteiger partial charge on any atom is -0.478 e. The quantitative estimate of drug-likeness (QED) is 0.635. The van der Waals surface area contributed by atoms with Gasteiger partial charge in [0, 0.05) is 55.4 Å². The summed E-state index contributed by atoms with van der Waals surface area (Å²) < 4.78 is 10.9. The fourth-order valence-corrected chi connectivity index (χ4v) is 4.12. The predicted octanol–water partition coefficient (Wildman–Crippen LogP) is 3.94. The smallest absolute Gasteiger partial charge is 0.410 e. The number of ether oxygens (including phenoxy) is 2. The first-order valence-corrected chi connectivity index (χ1v) is 12.0. The molecule has 9 nitrogen and oxygen atoms in total. The molecule has 1 aliphatic heterocycles. The number of rotatable bonds is 6. The molecule has 34 heavy (non-hydrogen) atoms. The number of amides is 2. The lowest BCUT2D eigenvalue weighted by atomic mass is 10.0. The Hall–Kier alpha value is -3.23. The topological polar surface area (TPSA) is 97.8 Å². The van der Waals surface area contributed by atoms with E-state index in [1.807, 2.05) is 38.7 Å². The molecule has 182 valence electrons. The fourth-order valence-electron chi connectivity index (χ4n) is 4.12. The van der Waals surface area contributed by atoms with Crippen molar-refractivity contribution in [1.29, 1.82) is 0 Å². The van der Waals surface area contributed by atoms with Crippen LogP contribution in [0.25, 0.3) is 11.4 Å². The summed E-state index contributed by atoms with van der Waals surface area (Å²) >= 11 is 0. The van der Waals surface area contributed by atoms with Crippen molar-refractivity contribution in [2.45, 2.75) is 71.1 Å². The Morgan fingerprint density at radius 3 is 2.18 bits per heavy atom. The van der Waals surface area contributed by atoms with Crippen molar-refractivity contribution in [3.63, 3.8) is 0 Å². The molecule has 2 aliphatic rings. The van der Waals surface area contributed by atoms with Gasteiger partial charge in [0.25, 0.3) is 5.91 Å². The highest BCUT2D eigenvalue weighted by Gasteiger charge is 2.40. The number of piperidine rings is 1. The van der Waals surface area contributed by atoms with Crippen molar-refractivity contribution in [3.05, 3.63) is 36.3 Å². The Labute approximate surface area is 200 Å². The van der Waals surface area contributed by atoms with E-state index in [4.69, 9.17) is 9.47 Å². The summed E-state index contributed by atoms with van der Waals surface area (Å²) in [7, 11) is 0. The number of carbonyl (C=O) groups excluding carboxylic acids is 2. The predicted molar refractivity (Wildman–Crippen MR) is 126 cm³/mol. The minimum absolute atomic E-state index is 0.0467. The van der Waals surface area contributed by atoms with Gasteiger partial charge in [-0.2, -0.15) is 0 Å².